The molecule has 6 rings (SSSR count). The van der Waals surface area contributed by atoms with E-state index in [0.29, 0.717) is 10.8 Å². The van der Waals surface area contributed by atoms with Crippen molar-refractivity contribution in [2.75, 3.05) is 6.26 Å². The summed E-state index contributed by atoms with van der Waals surface area (Å²) < 4.78 is 11.0. The summed E-state index contributed by atoms with van der Waals surface area (Å²) >= 11 is 1.52. The summed E-state index contributed by atoms with van der Waals surface area (Å²) in [4.78, 5) is 12.4. The molecule has 0 aliphatic carbocycles. The lowest BCUT2D eigenvalue weighted by Gasteiger charge is -1.99. The fourth-order valence-electron chi connectivity index (χ4n) is 3.69. The number of hydrogen-bond donors (Lipinski definition) is 5. The number of nitrogens with zero attached hydrogens (tertiary/aromatic N) is 3. The zero-order chi connectivity index (χ0) is 28.5. The first-order valence-corrected chi connectivity index (χ1v) is 13.2. The van der Waals surface area contributed by atoms with Crippen LogP contribution in [0.25, 0.3) is 44.5 Å². The molecule has 0 unspecified atom stereocenters. The molecule has 2 heterocycles. The summed E-state index contributed by atoms with van der Waals surface area (Å²) in [7, 11) is 0. The molecule has 0 fully saturated rings. The molecule has 40 heavy (non-hydrogen) atoms. The van der Waals surface area contributed by atoms with E-state index in [9.17, 15) is 0 Å². The van der Waals surface area contributed by atoms with Crippen molar-refractivity contribution in [2.24, 2.45) is 27.9 Å². The van der Waals surface area contributed by atoms with Crippen molar-refractivity contribution in [2.45, 2.75) is 5.22 Å². The summed E-state index contributed by atoms with van der Waals surface area (Å²) in [6.07, 6.45) is 1.96. The van der Waals surface area contributed by atoms with E-state index in [1.165, 1.54) is 22.9 Å². The van der Waals surface area contributed by atoms with Crippen molar-refractivity contribution in [3.63, 3.8) is 0 Å². The molecule has 0 aliphatic rings. The third-order valence-electron chi connectivity index (χ3n) is 5.36. The summed E-state index contributed by atoms with van der Waals surface area (Å²) in [6, 6.07) is 32.4. The SMILES string of the molecule is CSc1nc2cc(-c3ccccc3)ccc2o1.N=C(N)N.NC(N)=Nc1nc2cc(-c3ccccc3)ccc2o1. The summed E-state index contributed by atoms with van der Waals surface area (Å²) in [5.41, 5.74) is 27.2. The van der Waals surface area contributed by atoms with Gasteiger partial charge in [-0.2, -0.15) is 9.98 Å². The van der Waals surface area contributed by atoms with Crippen LogP contribution < -0.4 is 22.9 Å². The van der Waals surface area contributed by atoms with Gasteiger partial charge >= 0.3 is 6.01 Å². The highest BCUT2D eigenvalue weighted by atomic mass is 32.2. The minimum absolute atomic E-state index is 0.0742. The van der Waals surface area contributed by atoms with Gasteiger partial charge in [-0.15, -0.1) is 0 Å². The lowest BCUT2D eigenvalue weighted by atomic mass is 10.1. The Hall–Kier alpha value is -5.29. The van der Waals surface area contributed by atoms with Crippen LogP contribution in [-0.4, -0.2) is 28.1 Å². The molecule has 10 nitrogen and oxygen atoms in total. The number of aromatic nitrogens is 2. The Balaban J connectivity index is 0.000000164. The molecule has 202 valence electrons. The molecule has 0 amide bonds. The Labute approximate surface area is 234 Å². The van der Waals surface area contributed by atoms with Crippen LogP contribution in [0.15, 0.2) is 116 Å². The number of aliphatic imine (C=N–C) groups is 1. The number of fused-ring (bicyclic) bond motifs is 2. The maximum atomic E-state index is 6.06. The number of oxazole rings is 2. The van der Waals surface area contributed by atoms with Gasteiger partial charge in [0.25, 0.3) is 5.22 Å². The molecule has 0 aliphatic heterocycles. The maximum absolute atomic E-state index is 6.06. The molecule has 0 saturated carbocycles. The predicted molar refractivity (Wildman–Crippen MR) is 162 cm³/mol. The number of thioether (sulfide) groups is 1. The Morgan fingerprint density at radius 2 is 1.15 bits per heavy atom. The fraction of sp³-hybridized carbons (Fsp3) is 0.0345. The number of nitrogens with two attached hydrogens (primary N) is 4. The van der Waals surface area contributed by atoms with Gasteiger partial charge in [0.05, 0.1) is 0 Å². The third-order valence-corrected chi connectivity index (χ3v) is 5.88. The Bertz CT molecular complexity index is 1740. The third kappa shape index (κ3) is 7.39. The fourth-order valence-corrected chi connectivity index (χ4v) is 4.05. The first-order chi connectivity index (χ1) is 19.3. The second kappa shape index (κ2) is 13.0. The molecule has 11 heteroatoms. The first kappa shape index (κ1) is 27.7. The molecular formula is C29H28N8O2S. The highest BCUT2D eigenvalue weighted by molar-refractivity contribution is 7.98. The van der Waals surface area contributed by atoms with E-state index in [2.05, 4.69) is 50.7 Å². The van der Waals surface area contributed by atoms with Gasteiger partial charge in [-0.1, -0.05) is 84.6 Å². The van der Waals surface area contributed by atoms with E-state index in [4.69, 9.17) is 25.7 Å². The van der Waals surface area contributed by atoms with Crippen molar-refractivity contribution in [3.8, 4) is 22.3 Å². The van der Waals surface area contributed by atoms with Gasteiger partial charge in [-0.05, 0) is 52.8 Å². The molecular weight excluding hydrogens is 524 g/mol. The van der Waals surface area contributed by atoms with Gasteiger partial charge < -0.3 is 31.8 Å². The van der Waals surface area contributed by atoms with Gasteiger partial charge in [0, 0.05) is 0 Å². The van der Waals surface area contributed by atoms with Crippen LogP contribution in [0.4, 0.5) is 6.01 Å². The molecule has 0 radical (unpaired) electrons. The average molecular weight is 553 g/mol. The number of benzene rings is 4. The van der Waals surface area contributed by atoms with Crippen molar-refractivity contribution in [1.82, 2.24) is 9.97 Å². The van der Waals surface area contributed by atoms with Gasteiger partial charge in [0.2, 0.25) is 0 Å². The smallest absolute Gasteiger partial charge is 0.325 e. The number of nitrogens with one attached hydrogen (secondary N) is 1. The lowest BCUT2D eigenvalue weighted by molar-refractivity contribution is 0.490. The molecule has 0 saturated heterocycles. The van der Waals surface area contributed by atoms with E-state index >= 15 is 0 Å². The maximum Gasteiger partial charge on any atom is 0.325 e. The van der Waals surface area contributed by atoms with Crippen LogP contribution in [-0.2, 0) is 0 Å². The van der Waals surface area contributed by atoms with Gasteiger partial charge in [-0.3, -0.25) is 5.41 Å². The molecule has 6 aromatic rings. The van der Waals surface area contributed by atoms with Crippen LogP contribution in [0.3, 0.4) is 0 Å². The zero-order valence-electron chi connectivity index (χ0n) is 21.6. The van der Waals surface area contributed by atoms with Crippen molar-refractivity contribution in [1.29, 1.82) is 5.41 Å². The minimum atomic E-state index is -0.333. The van der Waals surface area contributed by atoms with Crippen LogP contribution in [0, 0.1) is 5.41 Å². The highest BCUT2D eigenvalue weighted by Gasteiger charge is 2.07. The molecule has 0 atom stereocenters. The minimum Gasteiger partial charge on any atom is -0.431 e. The predicted octanol–water partition coefficient (Wildman–Crippen LogP) is 5.45. The summed E-state index contributed by atoms with van der Waals surface area (Å²) in [5.74, 6) is -0.408. The van der Waals surface area contributed by atoms with E-state index < -0.39 is 0 Å². The number of hydrogen-bond acceptors (Lipinski definition) is 7. The lowest BCUT2D eigenvalue weighted by Crippen LogP contribution is -2.21. The largest absolute Gasteiger partial charge is 0.431 e. The van der Waals surface area contributed by atoms with Gasteiger partial charge in [0.1, 0.15) is 11.0 Å². The number of rotatable bonds is 4. The van der Waals surface area contributed by atoms with E-state index in [-0.39, 0.29) is 17.9 Å². The van der Waals surface area contributed by atoms with Crippen LogP contribution in [0.2, 0.25) is 0 Å². The Morgan fingerprint density at radius 3 is 1.62 bits per heavy atom. The van der Waals surface area contributed by atoms with Crippen molar-refractivity contribution < 1.29 is 8.83 Å². The van der Waals surface area contributed by atoms with E-state index in [0.717, 1.165) is 27.7 Å². The van der Waals surface area contributed by atoms with Crippen molar-refractivity contribution >= 4 is 51.9 Å². The van der Waals surface area contributed by atoms with E-state index in [1.807, 2.05) is 79.1 Å². The number of guanidine groups is 2. The van der Waals surface area contributed by atoms with Crippen molar-refractivity contribution in [3.05, 3.63) is 97.1 Å². The quantitative estimate of drug-likeness (QED) is 0.107. The monoisotopic (exact) mass is 552 g/mol. The summed E-state index contributed by atoms with van der Waals surface area (Å²) in [5, 5.41) is 6.77. The van der Waals surface area contributed by atoms with Gasteiger partial charge in [-0.25, -0.2) is 4.98 Å². The second-order valence-corrected chi connectivity index (χ2v) is 9.03. The molecule has 2 aromatic heterocycles. The molecule has 0 bridgehead atoms. The Kier molecular flexibility index (Phi) is 9.00. The van der Waals surface area contributed by atoms with Crippen LogP contribution in [0.5, 0.6) is 0 Å². The van der Waals surface area contributed by atoms with Gasteiger partial charge in [0.15, 0.2) is 23.1 Å². The van der Waals surface area contributed by atoms with Crippen LogP contribution >= 0.6 is 11.8 Å². The standard InChI is InChI=1S/C14H12N4O.C14H11NOS.CH5N3/c15-13(16)18-14-17-11-8-10(6-7-12(11)19-14)9-4-2-1-3-5-9;1-17-14-15-12-9-11(7-8-13(12)16-14)10-5-3-2-4-6-10;2-1(3)4/h1-8H,(H4,15,16,17,18);2-9H,1H3;(H5,2,3,4). The topological polar surface area (TPSA) is 192 Å². The van der Waals surface area contributed by atoms with Crippen LogP contribution in [0.1, 0.15) is 0 Å². The molecule has 4 aromatic carbocycles. The van der Waals surface area contributed by atoms with E-state index in [1.54, 1.807) is 0 Å². The first-order valence-electron chi connectivity index (χ1n) is 12.0. The normalized spacial score (nSPS) is 10.2. The Morgan fingerprint density at radius 1 is 0.675 bits per heavy atom. The average Bonchev–Trinajstić information content (AvgIpc) is 3.56. The highest BCUT2D eigenvalue weighted by Crippen LogP contribution is 2.28. The summed E-state index contributed by atoms with van der Waals surface area (Å²) in [6.45, 7) is 0. The molecule has 0 spiro atoms. The molecule has 9 N–H and O–H groups in total. The second-order valence-electron chi connectivity index (χ2n) is 8.27. The zero-order valence-corrected chi connectivity index (χ0v) is 22.4.